The van der Waals surface area contributed by atoms with Crippen LogP contribution in [0, 0.1) is 12.7 Å². The first-order chi connectivity index (χ1) is 14.5. The number of benzene rings is 3. The summed E-state index contributed by atoms with van der Waals surface area (Å²) < 4.78 is 23.7. The minimum absolute atomic E-state index is 0.121. The number of hydrazone groups is 1. The lowest BCUT2D eigenvalue weighted by Crippen LogP contribution is -2.24. The summed E-state index contributed by atoms with van der Waals surface area (Å²) in [6.07, 6.45) is 1.45. The molecule has 0 fully saturated rings. The van der Waals surface area contributed by atoms with E-state index in [-0.39, 0.29) is 12.2 Å². The molecule has 6 nitrogen and oxygen atoms in total. The van der Waals surface area contributed by atoms with E-state index in [1.165, 1.54) is 24.4 Å². The third kappa shape index (κ3) is 6.27. The Hall–Kier alpha value is -4.00. The SMILES string of the molecule is Cc1ccc(OCC(=O)N/N=C/c2ccc(OC(=O)c3cccc(F)c3)cc2)cc1. The number of esters is 1. The third-order valence-electron chi connectivity index (χ3n) is 3.94. The highest BCUT2D eigenvalue weighted by Gasteiger charge is 2.09. The van der Waals surface area contributed by atoms with Gasteiger partial charge in [-0.2, -0.15) is 5.10 Å². The minimum Gasteiger partial charge on any atom is -0.484 e. The number of carbonyl (C=O) groups excluding carboxylic acids is 2. The summed E-state index contributed by atoms with van der Waals surface area (Å²) in [5.74, 6) is -0.661. The lowest BCUT2D eigenvalue weighted by Gasteiger charge is -2.05. The number of nitrogens with one attached hydrogen (secondary N) is 1. The van der Waals surface area contributed by atoms with Crippen LogP contribution in [-0.4, -0.2) is 24.7 Å². The first-order valence-corrected chi connectivity index (χ1v) is 9.09. The number of hydrogen-bond acceptors (Lipinski definition) is 5. The average Bonchev–Trinajstić information content (AvgIpc) is 2.74. The van der Waals surface area contributed by atoms with Crippen LogP contribution in [0.1, 0.15) is 21.5 Å². The Labute approximate surface area is 173 Å². The van der Waals surface area contributed by atoms with Gasteiger partial charge in [-0.1, -0.05) is 23.8 Å². The second-order valence-electron chi connectivity index (χ2n) is 6.36. The number of halogens is 1. The Morgan fingerprint density at radius 3 is 2.40 bits per heavy atom. The molecule has 30 heavy (non-hydrogen) atoms. The molecule has 152 valence electrons. The van der Waals surface area contributed by atoms with E-state index >= 15 is 0 Å². The molecule has 3 rings (SSSR count). The third-order valence-corrected chi connectivity index (χ3v) is 3.94. The molecule has 0 aromatic heterocycles. The van der Waals surface area contributed by atoms with Gasteiger partial charge in [-0.05, 0) is 67.1 Å². The quantitative estimate of drug-likeness (QED) is 0.280. The van der Waals surface area contributed by atoms with Crippen molar-refractivity contribution in [1.82, 2.24) is 5.43 Å². The van der Waals surface area contributed by atoms with Crippen molar-refractivity contribution in [3.05, 3.63) is 95.3 Å². The normalized spacial score (nSPS) is 10.6. The number of amides is 1. The van der Waals surface area contributed by atoms with Gasteiger partial charge >= 0.3 is 5.97 Å². The van der Waals surface area contributed by atoms with Crippen molar-refractivity contribution in [2.45, 2.75) is 6.92 Å². The van der Waals surface area contributed by atoms with Crippen LogP contribution < -0.4 is 14.9 Å². The van der Waals surface area contributed by atoms with Gasteiger partial charge in [-0.3, -0.25) is 4.79 Å². The molecule has 0 atom stereocenters. The number of carbonyl (C=O) groups is 2. The van der Waals surface area contributed by atoms with Gasteiger partial charge in [0.05, 0.1) is 11.8 Å². The van der Waals surface area contributed by atoms with E-state index in [0.717, 1.165) is 11.6 Å². The van der Waals surface area contributed by atoms with Gasteiger partial charge in [0, 0.05) is 0 Å². The highest BCUT2D eigenvalue weighted by Crippen LogP contribution is 2.14. The van der Waals surface area contributed by atoms with Gasteiger partial charge in [0.2, 0.25) is 0 Å². The molecular formula is C23H19FN2O4. The summed E-state index contributed by atoms with van der Waals surface area (Å²) in [4.78, 5) is 23.8. The molecule has 7 heteroatoms. The lowest BCUT2D eigenvalue weighted by molar-refractivity contribution is -0.123. The Bertz CT molecular complexity index is 1050. The fraction of sp³-hybridized carbons (Fsp3) is 0.0870. The molecule has 0 aliphatic rings. The number of ether oxygens (including phenoxy) is 2. The van der Waals surface area contributed by atoms with Gasteiger partial charge < -0.3 is 9.47 Å². The summed E-state index contributed by atoms with van der Waals surface area (Å²) in [6.45, 7) is 1.81. The van der Waals surface area contributed by atoms with Crippen molar-refractivity contribution in [2.75, 3.05) is 6.61 Å². The zero-order valence-corrected chi connectivity index (χ0v) is 16.2. The molecule has 0 bridgehead atoms. The topological polar surface area (TPSA) is 77.0 Å². The van der Waals surface area contributed by atoms with Crippen molar-refractivity contribution in [1.29, 1.82) is 0 Å². The fourth-order valence-corrected chi connectivity index (χ4v) is 2.40. The van der Waals surface area contributed by atoms with Crippen LogP contribution in [0.3, 0.4) is 0 Å². The van der Waals surface area contributed by atoms with E-state index in [2.05, 4.69) is 10.5 Å². The van der Waals surface area contributed by atoms with Crippen LogP contribution >= 0.6 is 0 Å². The summed E-state index contributed by atoms with van der Waals surface area (Å²) in [7, 11) is 0. The predicted octanol–water partition coefficient (Wildman–Crippen LogP) is 3.88. The van der Waals surface area contributed by atoms with Crippen LogP contribution in [-0.2, 0) is 4.79 Å². The highest BCUT2D eigenvalue weighted by molar-refractivity contribution is 5.91. The maximum atomic E-state index is 13.2. The molecule has 0 radical (unpaired) electrons. The maximum absolute atomic E-state index is 13.2. The van der Waals surface area contributed by atoms with Crippen LogP contribution in [0.2, 0.25) is 0 Å². The largest absolute Gasteiger partial charge is 0.484 e. The Kier molecular flexibility index (Phi) is 6.89. The number of aryl methyl sites for hydroxylation is 1. The van der Waals surface area contributed by atoms with Crippen molar-refractivity contribution < 1.29 is 23.5 Å². The van der Waals surface area contributed by atoms with E-state index in [4.69, 9.17) is 9.47 Å². The molecule has 0 saturated heterocycles. The molecule has 0 spiro atoms. The van der Waals surface area contributed by atoms with Gasteiger partial charge in [0.25, 0.3) is 5.91 Å². The first-order valence-electron chi connectivity index (χ1n) is 9.09. The minimum atomic E-state index is -0.656. The van der Waals surface area contributed by atoms with E-state index in [9.17, 15) is 14.0 Å². The van der Waals surface area contributed by atoms with Crippen molar-refractivity contribution in [2.24, 2.45) is 5.10 Å². The van der Waals surface area contributed by atoms with Gasteiger partial charge in [0.1, 0.15) is 17.3 Å². The smallest absolute Gasteiger partial charge is 0.343 e. The van der Waals surface area contributed by atoms with Gasteiger partial charge in [-0.15, -0.1) is 0 Å². The zero-order valence-electron chi connectivity index (χ0n) is 16.2. The number of rotatable bonds is 7. The van der Waals surface area contributed by atoms with Gasteiger partial charge in [-0.25, -0.2) is 14.6 Å². The molecule has 0 unspecified atom stereocenters. The van der Waals surface area contributed by atoms with Crippen molar-refractivity contribution in [3.63, 3.8) is 0 Å². The Morgan fingerprint density at radius 2 is 1.70 bits per heavy atom. The monoisotopic (exact) mass is 406 g/mol. The van der Waals surface area contributed by atoms with Crippen LogP contribution in [0.15, 0.2) is 77.9 Å². The van der Waals surface area contributed by atoms with Gasteiger partial charge in [0.15, 0.2) is 6.61 Å². The number of nitrogens with zero attached hydrogens (tertiary/aromatic N) is 1. The predicted molar refractivity (Wildman–Crippen MR) is 110 cm³/mol. The number of hydrogen-bond donors (Lipinski definition) is 1. The van der Waals surface area contributed by atoms with Crippen LogP contribution in [0.5, 0.6) is 11.5 Å². The summed E-state index contributed by atoms with van der Waals surface area (Å²) >= 11 is 0. The molecular weight excluding hydrogens is 387 g/mol. The molecule has 0 aliphatic carbocycles. The molecule has 3 aromatic rings. The van der Waals surface area contributed by atoms with Crippen molar-refractivity contribution >= 4 is 18.1 Å². The van der Waals surface area contributed by atoms with E-state index in [0.29, 0.717) is 17.1 Å². The molecule has 1 amide bonds. The first kappa shape index (κ1) is 20.7. The Morgan fingerprint density at radius 1 is 1.00 bits per heavy atom. The van der Waals surface area contributed by atoms with Crippen molar-refractivity contribution in [3.8, 4) is 11.5 Å². The molecule has 0 heterocycles. The standard InChI is InChI=1S/C23H19FN2O4/c1-16-5-9-20(10-6-16)29-15-22(27)26-25-14-17-7-11-21(12-8-17)30-23(28)18-3-2-4-19(24)13-18/h2-14H,15H2,1H3,(H,26,27)/b25-14+. The summed E-state index contributed by atoms with van der Waals surface area (Å²) in [6, 6.07) is 19.1. The highest BCUT2D eigenvalue weighted by atomic mass is 19.1. The lowest BCUT2D eigenvalue weighted by atomic mass is 10.2. The summed E-state index contributed by atoms with van der Waals surface area (Å²) in [5.41, 5.74) is 4.28. The fourth-order valence-electron chi connectivity index (χ4n) is 2.40. The summed E-state index contributed by atoms with van der Waals surface area (Å²) in [5, 5.41) is 3.86. The van der Waals surface area contributed by atoms with E-state index in [1.54, 1.807) is 36.4 Å². The van der Waals surface area contributed by atoms with Crippen LogP contribution in [0.25, 0.3) is 0 Å². The van der Waals surface area contributed by atoms with E-state index in [1.807, 2.05) is 19.1 Å². The second-order valence-corrected chi connectivity index (χ2v) is 6.36. The molecule has 1 N–H and O–H groups in total. The molecule has 3 aromatic carbocycles. The average molecular weight is 406 g/mol. The van der Waals surface area contributed by atoms with E-state index < -0.39 is 17.7 Å². The molecule has 0 saturated carbocycles. The molecule has 0 aliphatic heterocycles. The second kappa shape index (κ2) is 9.97. The zero-order chi connectivity index (χ0) is 21.3. The maximum Gasteiger partial charge on any atom is 0.343 e. The van der Waals surface area contributed by atoms with Crippen LogP contribution in [0.4, 0.5) is 4.39 Å². The Balaban J connectivity index is 1.46.